The molecule has 84 valence electrons. The average Bonchev–Trinajstić information content (AvgIpc) is 2.59. The number of anilines is 1. The van der Waals surface area contributed by atoms with Crippen molar-refractivity contribution in [2.75, 3.05) is 5.73 Å². The summed E-state index contributed by atoms with van der Waals surface area (Å²) < 4.78 is 2.05. The average molecular weight is 207 g/mol. The lowest BCUT2D eigenvalue weighted by molar-refractivity contribution is 0.318. The van der Waals surface area contributed by atoms with Crippen LogP contribution in [0.1, 0.15) is 44.2 Å². The summed E-state index contributed by atoms with van der Waals surface area (Å²) in [7, 11) is 0. The summed E-state index contributed by atoms with van der Waals surface area (Å²) in [5.41, 5.74) is 7.70. The first-order chi connectivity index (χ1) is 7.27. The minimum Gasteiger partial charge on any atom is -0.396 e. The molecule has 0 bridgehead atoms. The molecule has 1 aromatic rings. The van der Waals surface area contributed by atoms with Gasteiger partial charge in [-0.2, -0.15) is 5.10 Å². The Bertz CT molecular complexity index is 311. The van der Waals surface area contributed by atoms with Gasteiger partial charge in [0.25, 0.3) is 0 Å². The van der Waals surface area contributed by atoms with Crippen molar-refractivity contribution in [2.24, 2.45) is 5.92 Å². The van der Waals surface area contributed by atoms with Crippen LogP contribution in [0.2, 0.25) is 0 Å². The number of aryl methyl sites for hydroxylation is 1. The Morgan fingerprint density at radius 2 is 2.13 bits per heavy atom. The highest BCUT2D eigenvalue weighted by atomic mass is 15.3. The van der Waals surface area contributed by atoms with E-state index >= 15 is 0 Å². The summed E-state index contributed by atoms with van der Waals surface area (Å²) in [4.78, 5) is 0. The van der Waals surface area contributed by atoms with Crippen LogP contribution in [0.15, 0.2) is 6.20 Å². The van der Waals surface area contributed by atoms with E-state index < -0.39 is 0 Å². The third-order valence-corrected chi connectivity index (χ3v) is 3.62. The fourth-order valence-electron chi connectivity index (χ4n) is 2.47. The molecule has 0 amide bonds. The van der Waals surface area contributed by atoms with E-state index in [9.17, 15) is 0 Å². The lowest BCUT2D eigenvalue weighted by Gasteiger charge is -2.21. The van der Waals surface area contributed by atoms with Crippen molar-refractivity contribution in [1.29, 1.82) is 0 Å². The van der Waals surface area contributed by atoms with Crippen LogP contribution >= 0.6 is 0 Å². The molecule has 0 aliphatic heterocycles. The number of rotatable bonds is 3. The topological polar surface area (TPSA) is 43.8 Å². The van der Waals surface area contributed by atoms with Crippen LogP contribution in [0.5, 0.6) is 0 Å². The van der Waals surface area contributed by atoms with Crippen molar-refractivity contribution in [3.8, 4) is 0 Å². The molecule has 1 aliphatic carbocycles. The van der Waals surface area contributed by atoms with Crippen LogP contribution in [0, 0.1) is 12.8 Å². The van der Waals surface area contributed by atoms with E-state index in [1.807, 2.05) is 11.6 Å². The van der Waals surface area contributed by atoms with Crippen molar-refractivity contribution in [1.82, 2.24) is 9.78 Å². The summed E-state index contributed by atoms with van der Waals surface area (Å²) in [6.07, 6.45) is 10.1. The molecule has 15 heavy (non-hydrogen) atoms. The van der Waals surface area contributed by atoms with E-state index in [1.165, 1.54) is 38.5 Å². The van der Waals surface area contributed by atoms with Crippen LogP contribution in [-0.4, -0.2) is 9.78 Å². The number of nitrogens with zero attached hydrogens (tertiary/aromatic N) is 2. The highest BCUT2D eigenvalue weighted by molar-refractivity contribution is 5.39. The molecule has 1 aromatic heterocycles. The van der Waals surface area contributed by atoms with Crippen molar-refractivity contribution < 1.29 is 0 Å². The molecule has 0 radical (unpaired) electrons. The van der Waals surface area contributed by atoms with Crippen LogP contribution in [-0.2, 0) is 6.54 Å². The number of hydrogen-bond donors (Lipinski definition) is 1. The third-order valence-electron chi connectivity index (χ3n) is 3.62. The maximum absolute atomic E-state index is 5.77. The highest BCUT2D eigenvalue weighted by Crippen LogP contribution is 2.26. The fourth-order valence-corrected chi connectivity index (χ4v) is 2.47. The van der Waals surface area contributed by atoms with E-state index in [0.29, 0.717) is 0 Å². The maximum Gasteiger partial charge on any atom is 0.0730 e. The lowest BCUT2D eigenvalue weighted by Crippen LogP contribution is -2.11. The monoisotopic (exact) mass is 207 g/mol. The number of aromatic nitrogens is 2. The molecule has 1 saturated carbocycles. The van der Waals surface area contributed by atoms with Crippen LogP contribution in [0.3, 0.4) is 0 Å². The first-order valence-electron chi connectivity index (χ1n) is 6.05. The SMILES string of the molecule is Cc1c(N)cnn1CCC1CCCCC1. The van der Waals surface area contributed by atoms with Gasteiger partial charge in [0, 0.05) is 6.54 Å². The summed E-state index contributed by atoms with van der Waals surface area (Å²) in [5, 5.41) is 4.29. The van der Waals surface area contributed by atoms with Crippen LogP contribution < -0.4 is 5.73 Å². The zero-order valence-electron chi connectivity index (χ0n) is 9.58. The van der Waals surface area contributed by atoms with Gasteiger partial charge in [0.15, 0.2) is 0 Å². The first-order valence-corrected chi connectivity index (χ1v) is 6.05. The van der Waals surface area contributed by atoms with Crippen molar-refractivity contribution >= 4 is 5.69 Å². The second-order valence-electron chi connectivity index (χ2n) is 4.70. The predicted octanol–water partition coefficient (Wildman–Crippen LogP) is 2.74. The Morgan fingerprint density at radius 1 is 1.40 bits per heavy atom. The molecule has 0 aromatic carbocycles. The van der Waals surface area contributed by atoms with Crippen LogP contribution in [0.4, 0.5) is 5.69 Å². The molecule has 3 heteroatoms. The Labute approximate surface area is 91.7 Å². The standard InChI is InChI=1S/C12H21N3/c1-10-12(13)9-14-15(10)8-7-11-5-3-2-4-6-11/h9,11H,2-8,13H2,1H3. The maximum atomic E-state index is 5.77. The van der Waals surface area contributed by atoms with E-state index in [-0.39, 0.29) is 0 Å². The van der Waals surface area contributed by atoms with E-state index in [4.69, 9.17) is 5.73 Å². The third kappa shape index (κ3) is 2.52. The molecule has 1 fully saturated rings. The number of hydrogen-bond acceptors (Lipinski definition) is 2. The van der Waals surface area contributed by atoms with Gasteiger partial charge in [-0.1, -0.05) is 32.1 Å². The molecule has 0 saturated heterocycles. The second-order valence-corrected chi connectivity index (χ2v) is 4.70. The zero-order chi connectivity index (χ0) is 10.7. The van der Waals surface area contributed by atoms with Crippen molar-refractivity contribution in [3.05, 3.63) is 11.9 Å². The van der Waals surface area contributed by atoms with E-state index in [1.54, 1.807) is 6.20 Å². The normalized spacial score (nSPS) is 18.2. The van der Waals surface area contributed by atoms with E-state index in [2.05, 4.69) is 5.10 Å². The lowest BCUT2D eigenvalue weighted by atomic mass is 9.87. The predicted molar refractivity (Wildman–Crippen MR) is 62.6 cm³/mol. The van der Waals surface area contributed by atoms with Gasteiger partial charge < -0.3 is 5.73 Å². The van der Waals surface area contributed by atoms with Gasteiger partial charge in [-0.05, 0) is 19.3 Å². The minimum absolute atomic E-state index is 0.818. The second kappa shape index (κ2) is 4.69. The van der Waals surface area contributed by atoms with Crippen LogP contribution in [0.25, 0.3) is 0 Å². The smallest absolute Gasteiger partial charge is 0.0730 e. The number of nitrogen functional groups attached to an aromatic ring is 1. The van der Waals surface area contributed by atoms with Crippen molar-refractivity contribution in [3.63, 3.8) is 0 Å². The van der Waals surface area contributed by atoms with Gasteiger partial charge in [0.1, 0.15) is 0 Å². The highest BCUT2D eigenvalue weighted by Gasteiger charge is 2.13. The Balaban J connectivity index is 1.84. The molecule has 0 atom stereocenters. The number of nitrogens with two attached hydrogens (primary N) is 1. The first kappa shape index (κ1) is 10.5. The largest absolute Gasteiger partial charge is 0.396 e. The summed E-state index contributed by atoms with van der Waals surface area (Å²) in [5.74, 6) is 0.920. The van der Waals surface area contributed by atoms with Gasteiger partial charge >= 0.3 is 0 Å². The quantitative estimate of drug-likeness (QED) is 0.828. The van der Waals surface area contributed by atoms with Gasteiger partial charge in [-0.15, -0.1) is 0 Å². The molecule has 1 aliphatic rings. The van der Waals surface area contributed by atoms with E-state index in [0.717, 1.165) is 23.8 Å². The van der Waals surface area contributed by atoms with Gasteiger partial charge in [-0.25, -0.2) is 0 Å². The van der Waals surface area contributed by atoms with Gasteiger partial charge in [0.2, 0.25) is 0 Å². The zero-order valence-corrected chi connectivity index (χ0v) is 9.58. The molecule has 3 nitrogen and oxygen atoms in total. The Hall–Kier alpha value is -0.990. The molecular formula is C12H21N3. The molecule has 2 N–H and O–H groups in total. The molecule has 1 heterocycles. The fraction of sp³-hybridized carbons (Fsp3) is 0.750. The summed E-state index contributed by atoms with van der Waals surface area (Å²) in [6.45, 7) is 3.08. The Kier molecular flexibility index (Phi) is 3.29. The molecule has 0 unspecified atom stereocenters. The summed E-state index contributed by atoms with van der Waals surface area (Å²) >= 11 is 0. The minimum atomic E-state index is 0.818. The van der Waals surface area contributed by atoms with Gasteiger partial charge in [0.05, 0.1) is 17.6 Å². The molecular weight excluding hydrogens is 186 g/mol. The molecule has 2 rings (SSSR count). The van der Waals surface area contributed by atoms with Crippen molar-refractivity contribution in [2.45, 2.75) is 52.0 Å². The van der Waals surface area contributed by atoms with Gasteiger partial charge in [-0.3, -0.25) is 4.68 Å². The summed E-state index contributed by atoms with van der Waals surface area (Å²) in [6, 6.07) is 0. The molecule has 0 spiro atoms. The Morgan fingerprint density at radius 3 is 2.73 bits per heavy atom.